The van der Waals surface area contributed by atoms with Crippen LogP contribution in [0.1, 0.15) is 18.1 Å². The topological polar surface area (TPSA) is 17.1 Å². The second kappa shape index (κ2) is 7.07. The van der Waals surface area contributed by atoms with Crippen molar-refractivity contribution in [2.45, 2.75) is 11.8 Å². The predicted octanol–water partition coefficient (Wildman–Crippen LogP) is 5.38. The van der Waals surface area contributed by atoms with Gasteiger partial charge in [-0.2, -0.15) is 0 Å². The molecule has 1 nitrogen and oxygen atoms in total. The molecule has 0 atom stereocenters. The molecule has 2 aromatic rings. The predicted molar refractivity (Wildman–Crippen MR) is 87.9 cm³/mol. The Balaban J connectivity index is 2.56. The number of carbonyl (C=O) groups excluding carboxylic acids is 1. The van der Waals surface area contributed by atoms with E-state index in [1.165, 1.54) is 13.0 Å². The second-order valence-corrected chi connectivity index (χ2v) is 5.86. The molecule has 0 aromatic heterocycles. The maximum Gasteiger partial charge on any atom is 0.161 e. The van der Waals surface area contributed by atoms with Crippen molar-refractivity contribution in [2.24, 2.45) is 0 Å². The number of allylic oxidation sites excluding steroid dienone is 1. The maximum atomic E-state index is 13.4. The first-order valence-electron chi connectivity index (χ1n) is 6.44. The van der Waals surface area contributed by atoms with Gasteiger partial charge in [-0.3, -0.25) is 4.79 Å². The number of benzene rings is 2. The Hall–Kier alpha value is -1.65. The van der Waals surface area contributed by atoms with E-state index in [1.807, 2.05) is 18.4 Å². The molecule has 114 valence electrons. The van der Waals surface area contributed by atoms with Crippen LogP contribution in [0.15, 0.2) is 47.4 Å². The summed E-state index contributed by atoms with van der Waals surface area (Å²) in [5.74, 6) is -2.20. The van der Waals surface area contributed by atoms with E-state index in [-0.39, 0.29) is 22.0 Å². The maximum absolute atomic E-state index is 13.4. The van der Waals surface area contributed by atoms with Crippen molar-refractivity contribution in [3.8, 4) is 0 Å². The van der Waals surface area contributed by atoms with E-state index in [4.69, 9.17) is 11.6 Å². The molecule has 0 unspecified atom stereocenters. The van der Waals surface area contributed by atoms with E-state index >= 15 is 0 Å². The molecule has 0 aliphatic rings. The van der Waals surface area contributed by atoms with Gasteiger partial charge in [0, 0.05) is 10.5 Å². The van der Waals surface area contributed by atoms with Crippen molar-refractivity contribution in [3.05, 3.63) is 65.2 Å². The minimum atomic E-state index is -1.00. The molecule has 0 saturated carbocycles. The Morgan fingerprint density at radius 1 is 1.00 bits per heavy atom. The molecule has 0 aliphatic carbocycles. The zero-order valence-corrected chi connectivity index (χ0v) is 13.6. The van der Waals surface area contributed by atoms with Crippen LogP contribution in [-0.2, 0) is 4.79 Å². The molecule has 0 N–H and O–H groups in total. The molecule has 5 heteroatoms. The van der Waals surface area contributed by atoms with Crippen LogP contribution in [0.25, 0.3) is 10.6 Å². The molecule has 2 aromatic carbocycles. The van der Waals surface area contributed by atoms with Gasteiger partial charge in [-0.15, -0.1) is 11.8 Å². The van der Waals surface area contributed by atoms with E-state index in [9.17, 15) is 13.6 Å². The van der Waals surface area contributed by atoms with Crippen LogP contribution in [-0.4, -0.2) is 12.0 Å². The monoisotopic (exact) mass is 338 g/mol. The number of ketones is 1. The lowest BCUT2D eigenvalue weighted by molar-refractivity contribution is -0.111. The number of carbonyl (C=O) groups is 1. The van der Waals surface area contributed by atoms with E-state index in [0.717, 1.165) is 17.0 Å². The van der Waals surface area contributed by atoms with Gasteiger partial charge in [0.2, 0.25) is 0 Å². The van der Waals surface area contributed by atoms with E-state index in [2.05, 4.69) is 0 Å². The second-order valence-electron chi connectivity index (χ2n) is 4.60. The van der Waals surface area contributed by atoms with Crippen molar-refractivity contribution < 1.29 is 13.6 Å². The first-order chi connectivity index (χ1) is 10.4. The molecule has 0 amide bonds. The van der Waals surface area contributed by atoms with Gasteiger partial charge in [-0.25, -0.2) is 8.78 Å². The van der Waals surface area contributed by atoms with Gasteiger partial charge in [-0.05, 0) is 48.6 Å². The molecule has 0 aliphatic heterocycles. The Bertz CT molecular complexity index is 739. The van der Waals surface area contributed by atoms with Gasteiger partial charge in [0.15, 0.2) is 17.4 Å². The molecule has 0 heterocycles. The SMILES string of the molecule is CSc1ccc(/C(C(C)=O)=C(\Cl)c2ccc(F)c(F)c2)cc1. The third-order valence-corrected chi connectivity index (χ3v) is 4.27. The number of hydrogen-bond donors (Lipinski definition) is 0. The summed E-state index contributed by atoms with van der Waals surface area (Å²) in [4.78, 5) is 13.0. The standard InChI is InChI=1S/C17H13ClF2OS/c1-10(21)16(11-3-6-13(22-2)7-4-11)17(18)12-5-8-14(19)15(20)9-12/h3-9H,1-2H3/b17-16-. The van der Waals surface area contributed by atoms with Crippen molar-refractivity contribution in [2.75, 3.05) is 6.26 Å². The molecule has 0 bridgehead atoms. The first kappa shape index (κ1) is 16.7. The highest BCUT2D eigenvalue weighted by Crippen LogP contribution is 2.32. The van der Waals surface area contributed by atoms with E-state index in [0.29, 0.717) is 5.56 Å². The number of halogens is 3. The summed E-state index contributed by atoms with van der Waals surface area (Å²) in [6, 6.07) is 10.6. The highest BCUT2D eigenvalue weighted by atomic mass is 35.5. The van der Waals surface area contributed by atoms with Gasteiger partial charge in [0.25, 0.3) is 0 Å². The first-order valence-corrected chi connectivity index (χ1v) is 8.05. The Kier molecular flexibility index (Phi) is 5.37. The van der Waals surface area contributed by atoms with Crippen LogP contribution >= 0.6 is 23.4 Å². The molecule has 2 rings (SSSR count). The average molecular weight is 339 g/mol. The van der Waals surface area contributed by atoms with Crippen LogP contribution in [0.2, 0.25) is 0 Å². The number of Topliss-reactive ketones (excluding diaryl/α,β-unsaturated/α-hetero) is 1. The Morgan fingerprint density at radius 2 is 1.59 bits per heavy atom. The number of hydrogen-bond acceptors (Lipinski definition) is 2. The van der Waals surface area contributed by atoms with E-state index < -0.39 is 11.6 Å². The normalized spacial score (nSPS) is 12.0. The third-order valence-electron chi connectivity index (χ3n) is 3.12. The molecular weight excluding hydrogens is 326 g/mol. The third kappa shape index (κ3) is 3.57. The number of rotatable bonds is 4. The summed E-state index contributed by atoms with van der Waals surface area (Å²) in [5.41, 5.74) is 1.18. The van der Waals surface area contributed by atoms with E-state index in [1.54, 1.807) is 23.9 Å². The fourth-order valence-corrected chi connectivity index (χ4v) is 2.79. The molecule has 22 heavy (non-hydrogen) atoms. The van der Waals surface area contributed by atoms with Crippen molar-refractivity contribution in [1.82, 2.24) is 0 Å². The number of thioether (sulfide) groups is 1. The summed E-state index contributed by atoms with van der Waals surface area (Å²) in [5, 5.41) is 0.100. The minimum absolute atomic E-state index is 0.100. The van der Waals surface area contributed by atoms with Crippen LogP contribution in [0, 0.1) is 11.6 Å². The van der Waals surface area contributed by atoms with Gasteiger partial charge in [0.1, 0.15) is 0 Å². The smallest absolute Gasteiger partial charge is 0.161 e. The Labute approximate surface area is 137 Å². The summed E-state index contributed by atoms with van der Waals surface area (Å²) in [6.45, 7) is 1.39. The highest BCUT2D eigenvalue weighted by molar-refractivity contribution is 7.98. The minimum Gasteiger partial charge on any atom is -0.294 e. The lowest BCUT2D eigenvalue weighted by Crippen LogP contribution is -1.99. The summed E-state index contributed by atoms with van der Waals surface area (Å²) in [7, 11) is 0. The lowest BCUT2D eigenvalue weighted by Gasteiger charge is -2.10. The van der Waals surface area contributed by atoms with Gasteiger partial charge < -0.3 is 0 Å². The largest absolute Gasteiger partial charge is 0.294 e. The molecule has 0 fully saturated rings. The molecule has 0 saturated heterocycles. The quantitative estimate of drug-likeness (QED) is 0.423. The van der Waals surface area contributed by atoms with Crippen LogP contribution < -0.4 is 0 Å². The summed E-state index contributed by atoms with van der Waals surface area (Å²) >= 11 is 7.84. The molecule has 0 spiro atoms. The fraction of sp³-hybridized carbons (Fsp3) is 0.118. The zero-order valence-electron chi connectivity index (χ0n) is 12.0. The zero-order chi connectivity index (χ0) is 16.3. The van der Waals surface area contributed by atoms with Gasteiger partial charge in [-0.1, -0.05) is 29.8 Å². The van der Waals surface area contributed by atoms with Crippen LogP contribution in [0.3, 0.4) is 0 Å². The average Bonchev–Trinajstić information content (AvgIpc) is 2.50. The lowest BCUT2D eigenvalue weighted by atomic mass is 9.99. The highest BCUT2D eigenvalue weighted by Gasteiger charge is 2.15. The molecule has 0 radical (unpaired) electrons. The molecular formula is C17H13ClF2OS. The van der Waals surface area contributed by atoms with Crippen molar-refractivity contribution in [1.29, 1.82) is 0 Å². The van der Waals surface area contributed by atoms with Gasteiger partial charge >= 0.3 is 0 Å². The van der Waals surface area contributed by atoms with Gasteiger partial charge in [0.05, 0.1) is 5.03 Å². The van der Waals surface area contributed by atoms with Crippen LogP contribution in [0.5, 0.6) is 0 Å². The van der Waals surface area contributed by atoms with Crippen LogP contribution in [0.4, 0.5) is 8.78 Å². The summed E-state index contributed by atoms with van der Waals surface area (Å²) < 4.78 is 26.4. The van der Waals surface area contributed by atoms with Crippen molar-refractivity contribution >= 4 is 39.8 Å². The van der Waals surface area contributed by atoms with Crippen molar-refractivity contribution in [3.63, 3.8) is 0 Å². The Morgan fingerprint density at radius 3 is 2.09 bits per heavy atom. The fourth-order valence-electron chi connectivity index (χ4n) is 2.02. The summed E-state index contributed by atoms with van der Waals surface area (Å²) in [6.07, 6.45) is 1.95.